The maximum absolute atomic E-state index is 6.53. The summed E-state index contributed by atoms with van der Waals surface area (Å²) in [4.78, 5) is 0. The summed E-state index contributed by atoms with van der Waals surface area (Å²) in [6, 6.07) is 23.2. The third-order valence-electron chi connectivity index (χ3n) is 5.19. The number of ether oxygens (including phenoxy) is 1. The second-order valence-corrected chi connectivity index (χ2v) is 8.96. The Labute approximate surface area is 169 Å². The molecule has 0 spiro atoms. The van der Waals surface area contributed by atoms with Crippen molar-refractivity contribution in [3.05, 3.63) is 72.3 Å². The molecule has 1 atom stereocenters. The Morgan fingerprint density at radius 2 is 1.52 bits per heavy atom. The van der Waals surface area contributed by atoms with Gasteiger partial charge in [-0.1, -0.05) is 54.6 Å². The zero-order chi connectivity index (χ0) is 20.0. The molecule has 5 heteroatoms. The van der Waals surface area contributed by atoms with Crippen LogP contribution in [0.4, 0.5) is 0 Å². The van der Waals surface area contributed by atoms with Gasteiger partial charge in [-0.05, 0) is 33.7 Å². The highest BCUT2D eigenvalue weighted by Gasteiger charge is 2.16. The lowest BCUT2D eigenvalue weighted by Gasteiger charge is -2.09. The molecule has 0 fully saturated rings. The van der Waals surface area contributed by atoms with Crippen LogP contribution in [-0.2, 0) is 11.3 Å². The van der Waals surface area contributed by atoms with Crippen LogP contribution in [0.15, 0.2) is 75.1 Å². The minimum Gasteiger partial charge on any atom is -0.408 e. The van der Waals surface area contributed by atoms with Crippen LogP contribution in [0, 0.1) is 0 Å². The molecule has 0 saturated carbocycles. The monoisotopic (exact) mass is 403 g/mol. The normalized spacial score (nSPS) is 12.5. The van der Waals surface area contributed by atoms with Crippen LogP contribution in [0.2, 0.25) is 0 Å². The number of hydrogen-bond acceptors (Lipinski definition) is 4. The molecular weight excluding hydrogens is 381 g/mol. The molecule has 0 N–H and O–H groups in total. The van der Waals surface area contributed by atoms with Gasteiger partial charge in [0, 0.05) is 37.5 Å². The third-order valence-corrected chi connectivity index (χ3v) is 6.54. The van der Waals surface area contributed by atoms with Crippen LogP contribution in [0.5, 0.6) is 0 Å². The highest BCUT2D eigenvalue weighted by molar-refractivity contribution is 7.38. The average Bonchev–Trinajstić information content (AvgIpc) is 2.92. The fraction of sp³-hybridized carbons (Fsp3) is 0.167. The largest absolute Gasteiger partial charge is 0.408 e. The molecule has 0 saturated heterocycles. The van der Waals surface area contributed by atoms with Gasteiger partial charge in [0.05, 0.1) is 6.61 Å². The van der Waals surface area contributed by atoms with Crippen molar-refractivity contribution in [3.8, 4) is 0 Å². The van der Waals surface area contributed by atoms with Gasteiger partial charge in [0.25, 0.3) is 0 Å². The van der Waals surface area contributed by atoms with Crippen LogP contribution >= 0.6 is 8.16 Å². The number of fused-ring (bicyclic) bond motifs is 7. The Bertz CT molecular complexity index is 1410. The third kappa shape index (κ3) is 3.01. The van der Waals surface area contributed by atoms with Gasteiger partial charge in [-0.2, -0.15) is 0 Å². The minimum atomic E-state index is -1.29. The molecule has 0 aliphatic rings. The number of rotatable bonds is 3. The predicted octanol–water partition coefficient (Wildman–Crippen LogP) is 6.94. The summed E-state index contributed by atoms with van der Waals surface area (Å²) in [6.45, 7) is 0.476. The highest BCUT2D eigenvalue weighted by Crippen LogP contribution is 2.42. The summed E-state index contributed by atoms with van der Waals surface area (Å²) >= 11 is 0. The van der Waals surface area contributed by atoms with Crippen molar-refractivity contribution < 1.29 is 13.1 Å². The molecule has 29 heavy (non-hydrogen) atoms. The molecule has 0 amide bonds. The molecule has 1 aromatic heterocycles. The van der Waals surface area contributed by atoms with Crippen molar-refractivity contribution >= 4 is 51.6 Å². The summed E-state index contributed by atoms with van der Waals surface area (Å²) in [5.74, 6) is 0. The van der Waals surface area contributed by atoms with E-state index in [0.717, 1.165) is 43.7 Å². The molecule has 1 heterocycles. The molecule has 5 rings (SSSR count). The standard InChI is InChI=1S/C24H22NO3P/c1-25(2)29-27-21-13-12-16-8-4-6-10-19(16)22(21)23-20-11-7-5-9-17(20)14-18(15-26-3)24(23)28-29/h4-14H,15H2,1-3H3. The molecular formula is C24H22NO3P. The van der Waals surface area contributed by atoms with Gasteiger partial charge in [-0.25, -0.2) is 4.67 Å². The summed E-state index contributed by atoms with van der Waals surface area (Å²) in [7, 11) is 4.39. The first kappa shape index (κ1) is 18.3. The van der Waals surface area contributed by atoms with E-state index in [-0.39, 0.29) is 0 Å². The first-order valence-electron chi connectivity index (χ1n) is 9.56. The topological polar surface area (TPSA) is 38.8 Å². The van der Waals surface area contributed by atoms with Crippen molar-refractivity contribution in [3.63, 3.8) is 0 Å². The Morgan fingerprint density at radius 1 is 0.828 bits per heavy atom. The van der Waals surface area contributed by atoms with Crippen LogP contribution < -0.4 is 4.67 Å². The van der Waals surface area contributed by atoms with E-state index in [1.807, 2.05) is 18.8 Å². The molecule has 146 valence electrons. The molecule has 0 aliphatic carbocycles. The Balaban J connectivity index is 2.17. The average molecular weight is 403 g/mol. The van der Waals surface area contributed by atoms with Gasteiger partial charge in [-0.15, -0.1) is 0 Å². The van der Waals surface area contributed by atoms with Crippen molar-refractivity contribution in [2.75, 3.05) is 25.9 Å². The van der Waals surface area contributed by atoms with Gasteiger partial charge >= 0.3 is 8.16 Å². The van der Waals surface area contributed by atoms with E-state index in [1.165, 1.54) is 5.39 Å². The molecule has 0 bridgehead atoms. The van der Waals surface area contributed by atoms with Gasteiger partial charge < -0.3 is 13.1 Å². The summed E-state index contributed by atoms with van der Waals surface area (Å²) in [5, 5.41) is 6.81. The van der Waals surface area contributed by atoms with Crippen molar-refractivity contribution in [2.45, 2.75) is 6.61 Å². The number of hydrogen-bond donors (Lipinski definition) is 0. The number of methoxy groups -OCH3 is 1. The predicted molar refractivity (Wildman–Crippen MR) is 122 cm³/mol. The van der Waals surface area contributed by atoms with E-state index >= 15 is 0 Å². The van der Waals surface area contributed by atoms with Crippen LogP contribution in [0.1, 0.15) is 5.56 Å². The smallest absolute Gasteiger partial charge is 0.309 e. The number of nitrogens with zero attached hydrogens (tertiary/aromatic N) is 1. The maximum atomic E-state index is 6.53. The minimum absolute atomic E-state index is 0.476. The molecule has 0 aliphatic heterocycles. The summed E-state index contributed by atoms with van der Waals surface area (Å²) < 4.78 is 20.5. The van der Waals surface area contributed by atoms with E-state index in [1.54, 1.807) is 7.11 Å². The SMILES string of the molecule is COCc1cc2ccccc2c2c1op(N(C)C)oc1ccc3ccccc3c12. The van der Waals surface area contributed by atoms with E-state index < -0.39 is 8.16 Å². The Kier molecular flexibility index (Phi) is 4.56. The second-order valence-electron chi connectivity index (χ2n) is 7.32. The molecule has 1 unspecified atom stereocenters. The van der Waals surface area contributed by atoms with Crippen molar-refractivity contribution in [1.29, 1.82) is 0 Å². The van der Waals surface area contributed by atoms with Crippen LogP contribution in [-0.4, -0.2) is 21.2 Å². The van der Waals surface area contributed by atoms with Crippen LogP contribution in [0.25, 0.3) is 43.5 Å². The lowest BCUT2D eigenvalue weighted by molar-refractivity contribution is 0.185. The van der Waals surface area contributed by atoms with Gasteiger partial charge in [-0.3, -0.25) is 0 Å². The molecule has 0 radical (unpaired) electrons. The summed E-state index contributed by atoms with van der Waals surface area (Å²) in [6.07, 6.45) is 0. The fourth-order valence-electron chi connectivity index (χ4n) is 3.93. The molecule has 4 nitrogen and oxygen atoms in total. The zero-order valence-electron chi connectivity index (χ0n) is 16.7. The van der Waals surface area contributed by atoms with Crippen molar-refractivity contribution in [2.24, 2.45) is 0 Å². The van der Waals surface area contributed by atoms with Crippen molar-refractivity contribution in [1.82, 2.24) is 0 Å². The van der Waals surface area contributed by atoms with Gasteiger partial charge in [0.15, 0.2) is 0 Å². The van der Waals surface area contributed by atoms with E-state index in [4.69, 9.17) is 13.1 Å². The van der Waals surface area contributed by atoms with E-state index in [9.17, 15) is 0 Å². The fourth-order valence-corrected chi connectivity index (χ4v) is 4.98. The quantitative estimate of drug-likeness (QED) is 0.327. The first-order valence-corrected chi connectivity index (χ1v) is 10.7. The van der Waals surface area contributed by atoms with Crippen LogP contribution in [0.3, 0.4) is 0 Å². The highest BCUT2D eigenvalue weighted by atomic mass is 31.1. The summed E-state index contributed by atoms with van der Waals surface area (Å²) in [5.41, 5.74) is 2.72. The van der Waals surface area contributed by atoms with Gasteiger partial charge in [0.2, 0.25) is 0 Å². The zero-order valence-corrected chi connectivity index (χ0v) is 17.6. The molecule has 5 aromatic rings. The lowest BCUT2D eigenvalue weighted by Crippen LogP contribution is -2.02. The van der Waals surface area contributed by atoms with E-state index in [0.29, 0.717) is 6.61 Å². The van der Waals surface area contributed by atoms with Gasteiger partial charge in [0.1, 0.15) is 11.2 Å². The Hall–Kier alpha value is -2.78. The lowest BCUT2D eigenvalue weighted by atomic mass is 9.96. The van der Waals surface area contributed by atoms with E-state index in [2.05, 4.69) is 66.7 Å². The second kappa shape index (κ2) is 7.23. The Morgan fingerprint density at radius 3 is 2.24 bits per heavy atom. The number of benzene rings is 4. The first-order chi connectivity index (χ1) is 14.2. The maximum Gasteiger partial charge on any atom is 0.309 e. The molecule has 4 aromatic carbocycles.